The molecule has 0 aliphatic heterocycles. The van der Waals surface area contributed by atoms with Gasteiger partial charge in [-0.1, -0.05) is 0 Å². The summed E-state index contributed by atoms with van der Waals surface area (Å²) >= 11 is 0. The third kappa shape index (κ3) is 9.66. The summed E-state index contributed by atoms with van der Waals surface area (Å²) in [4.78, 5) is 35.0. The molecule has 0 aromatic heterocycles. The lowest BCUT2D eigenvalue weighted by molar-refractivity contribution is -0.139. The number of carboxylic acids is 1. The molecule has 0 spiro atoms. The van der Waals surface area contributed by atoms with E-state index in [2.05, 4.69) is 10.6 Å². The molecule has 9 nitrogen and oxygen atoms in total. The number of nitrogens with zero attached hydrogens (tertiary/aromatic N) is 1. The van der Waals surface area contributed by atoms with Crippen molar-refractivity contribution in [2.24, 2.45) is 0 Å². The zero-order valence-corrected chi connectivity index (χ0v) is 13.1. The summed E-state index contributed by atoms with van der Waals surface area (Å²) in [5.41, 5.74) is 0. The van der Waals surface area contributed by atoms with E-state index in [1.165, 1.54) is 4.90 Å². The first-order valence-electron chi connectivity index (χ1n) is 6.18. The number of carbonyl (C=O) groups excluding carboxylic acids is 2. The van der Waals surface area contributed by atoms with Crippen molar-refractivity contribution >= 4 is 27.7 Å². The van der Waals surface area contributed by atoms with Gasteiger partial charge in [0.25, 0.3) is 0 Å². The fourth-order valence-corrected chi connectivity index (χ4v) is 1.97. The van der Waals surface area contributed by atoms with Crippen LogP contribution in [0.1, 0.15) is 12.8 Å². The molecular weight excluding hydrogens is 302 g/mol. The molecule has 0 fully saturated rings. The molecule has 0 aromatic rings. The van der Waals surface area contributed by atoms with E-state index >= 15 is 0 Å². The van der Waals surface area contributed by atoms with Crippen LogP contribution in [0.4, 0.5) is 4.79 Å². The highest BCUT2D eigenvalue weighted by molar-refractivity contribution is 7.90. The Morgan fingerprint density at radius 3 is 2.24 bits per heavy atom. The topological polar surface area (TPSA) is 133 Å². The van der Waals surface area contributed by atoms with Gasteiger partial charge in [0.05, 0.1) is 5.75 Å². The number of sulfone groups is 1. The first kappa shape index (κ1) is 19.2. The molecule has 0 aromatic carbocycles. The summed E-state index contributed by atoms with van der Waals surface area (Å²) in [5.74, 6) is -1.84. The minimum absolute atomic E-state index is 0.0568. The molecule has 0 rings (SSSR count). The number of amides is 3. The predicted molar refractivity (Wildman–Crippen MR) is 75.6 cm³/mol. The number of carbonyl (C=O) groups is 3. The first-order chi connectivity index (χ1) is 9.53. The van der Waals surface area contributed by atoms with E-state index in [0.717, 1.165) is 6.26 Å². The number of rotatable bonds is 8. The zero-order valence-electron chi connectivity index (χ0n) is 12.2. The molecule has 0 bridgehead atoms. The van der Waals surface area contributed by atoms with Crippen LogP contribution in [-0.2, 0) is 19.4 Å². The minimum atomic E-state index is -3.31. The molecule has 10 heteroatoms. The second-order valence-corrected chi connectivity index (χ2v) is 7.01. The fourth-order valence-electron chi connectivity index (χ4n) is 1.31. The Kier molecular flexibility index (Phi) is 7.71. The first-order valence-corrected chi connectivity index (χ1v) is 8.24. The summed E-state index contributed by atoms with van der Waals surface area (Å²) in [6.45, 7) is 0.0568. The van der Waals surface area contributed by atoms with Gasteiger partial charge in [-0.2, -0.15) is 0 Å². The number of urea groups is 1. The maximum absolute atomic E-state index is 11.5. The second kappa shape index (κ2) is 8.45. The monoisotopic (exact) mass is 323 g/mol. The van der Waals surface area contributed by atoms with Gasteiger partial charge in [0.2, 0.25) is 5.91 Å². The Labute approximate surface area is 123 Å². The van der Waals surface area contributed by atoms with Crippen molar-refractivity contribution in [1.82, 2.24) is 15.5 Å². The lowest BCUT2D eigenvalue weighted by Crippen LogP contribution is -2.47. The van der Waals surface area contributed by atoms with E-state index in [4.69, 9.17) is 5.11 Å². The van der Waals surface area contributed by atoms with Crippen molar-refractivity contribution in [3.05, 3.63) is 0 Å². The molecule has 0 saturated heterocycles. The fraction of sp³-hybridized carbons (Fsp3) is 0.727. The zero-order chi connectivity index (χ0) is 16.6. The molecule has 0 radical (unpaired) electrons. The quantitative estimate of drug-likeness (QED) is 0.506. The van der Waals surface area contributed by atoms with E-state index in [9.17, 15) is 22.8 Å². The highest BCUT2D eigenvalue weighted by Gasteiger charge is 2.21. The molecule has 0 aliphatic carbocycles. The summed E-state index contributed by atoms with van der Waals surface area (Å²) in [6, 6.07) is -2.06. The molecule has 21 heavy (non-hydrogen) atoms. The Bertz CT molecular complexity index is 488. The van der Waals surface area contributed by atoms with Crippen LogP contribution in [0.2, 0.25) is 0 Å². The van der Waals surface area contributed by atoms with Gasteiger partial charge < -0.3 is 20.6 Å². The Hall–Kier alpha value is -1.84. The summed E-state index contributed by atoms with van der Waals surface area (Å²) in [6.07, 6.45) is 0.846. The molecule has 0 heterocycles. The Morgan fingerprint density at radius 1 is 1.24 bits per heavy atom. The van der Waals surface area contributed by atoms with E-state index in [0.29, 0.717) is 0 Å². The largest absolute Gasteiger partial charge is 0.480 e. The summed E-state index contributed by atoms with van der Waals surface area (Å²) in [7, 11) is -0.157. The average Bonchev–Trinajstić information content (AvgIpc) is 2.32. The maximum atomic E-state index is 11.5. The third-order valence-corrected chi connectivity index (χ3v) is 3.48. The van der Waals surface area contributed by atoms with E-state index in [-0.39, 0.29) is 31.0 Å². The van der Waals surface area contributed by atoms with E-state index in [1.54, 1.807) is 14.1 Å². The van der Waals surface area contributed by atoms with Gasteiger partial charge in [0.15, 0.2) is 0 Å². The van der Waals surface area contributed by atoms with Crippen LogP contribution >= 0.6 is 0 Å². The van der Waals surface area contributed by atoms with Gasteiger partial charge in [-0.25, -0.2) is 18.0 Å². The number of aliphatic carboxylic acids is 1. The maximum Gasteiger partial charge on any atom is 0.326 e. The Balaban J connectivity index is 4.24. The van der Waals surface area contributed by atoms with Gasteiger partial charge in [-0.05, 0) is 6.42 Å². The van der Waals surface area contributed by atoms with Gasteiger partial charge in [0.1, 0.15) is 15.9 Å². The van der Waals surface area contributed by atoms with Crippen LogP contribution in [0.5, 0.6) is 0 Å². The second-order valence-electron chi connectivity index (χ2n) is 4.75. The summed E-state index contributed by atoms with van der Waals surface area (Å²) in [5, 5.41) is 13.4. The molecule has 3 amide bonds. The average molecular weight is 323 g/mol. The van der Waals surface area contributed by atoms with Crippen molar-refractivity contribution in [2.45, 2.75) is 18.9 Å². The Morgan fingerprint density at radius 2 is 1.81 bits per heavy atom. The SMILES string of the molecule is CN(C)C(=O)CCNC(=O)NC(CCS(C)(=O)=O)C(=O)O. The molecular formula is C11H21N3O6S. The standard InChI is InChI=1S/C11H21N3O6S/c1-14(2)9(15)4-6-12-11(18)13-8(10(16)17)5-7-21(3,19)20/h8H,4-7H2,1-3H3,(H,16,17)(H2,12,13,18). The van der Waals surface area contributed by atoms with Gasteiger partial charge in [-0.3, -0.25) is 4.79 Å². The van der Waals surface area contributed by atoms with Crippen LogP contribution in [0.15, 0.2) is 0 Å². The van der Waals surface area contributed by atoms with Gasteiger partial charge in [0, 0.05) is 33.3 Å². The highest BCUT2D eigenvalue weighted by Crippen LogP contribution is 1.97. The normalized spacial score (nSPS) is 12.3. The molecule has 0 aliphatic rings. The van der Waals surface area contributed by atoms with Crippen LogP contribution in [0.3, 0.4) is 0 Å². The van der Waals surface area contributed by atoms with Crippen molar-refractivity contribution < 1.29 is 27.9 Å². The van der Waals surface area contributed by atoms with Crippen molar-refractivity contribution in [1.29, 1.82) is 0 Å². The van der Waals surface area contributed by atoms with E-state index in [1.807, 2.05) is 0 Å². The van der Waals surface area contributed by atoms with Crippen LogP contribution in [0.25, 0.3) is 0 Å². The van der Waals surface area contributed by atoms with Crippen LogP contribution in [0, 0.1) is 0 Å². The van der Waals surface area contributed by atoms with Crippen molar-refractivity contribution in [3.8, 4) is 0 Å². The molecule has 3 N–H and O–H groups in total. The molecule has 122 valence electrons. The number of carboxylic acid groups (broad SMARTS) is 1. The van der Waals surface area contributed by atoms with Gasteiger partial charge >= 0.3 is 12.0 Å². The van der Waals surface area contributed by atoms with Gasteiger partial charge in [-0.15, -0.1) is 0 Å². The van der Waals surface area contributed by atoms with E-state index < -0.39 is 27.9 Å². The minimum Gasteiger partial charge on any atom is -0.480 e. The lowest BCUT2D eigenvalue weighted by atomic mass is 10.2. The number of nitrogens with one attached hydrogen (secondary N) is 2. The number of hydrogen-bond donors (Lipinski definition) is 3. The predicted octanol–water partition coefficient (Wildman–Crippen LogP) is -1.35. The molecule has 1 atom stereocenters. The smallest absolute Gasteiger partial charge is 0.326 e. The summed E-state index contributed by atoms with van der Waals surface area (Å²) < 4.78 is 22.0. The molecule has 0 saturated carbocycles. The lowest BCUT2D eigenvalue weighted by Gasteiger charge is -2.15. The van der Waals surface area contributed by atoms with Crippen molar-refractivity contribution in [3.63, 3.8) is 0 Å². The molecule has 1 unspecified atom stereocenters. The van der Waals surface area contributed by atoms with Crippen LogP contribution in [-0.4, -0.2) is 75.0 Å². The highest BCUT2D eigenvalue weighted by atomic mass is 32.2. The van der Waals surface area contributed by atoms with Crippen LogP contribution < -0.4 is 10.6 Å². The number of hydrogen-bond acceptors (Lipinski definition) is 5. The third-order valence-electron chi connectivity index (χ3n) is 2.50. The van der Waals surface area contributed by atoms with Crippen molar-refractivity contribution in [2.75, 3.05) is 32.6 Å².